The van der Waals surface area contributed by atoms with E-state index in [2.05, 4.69) is 30.3 Å². The van der Waals surface area contributed by atoms with Crippen LogP contribution in [0.5, 0.6) is 5.88 Å². The van der Waals surface area contributed by atoms with Crippen LogP contribution >= 0.6 is 0 Å². The monoisotopic (exact) mass is 451 g/mol. The van der Waals surface area contributed by atoms with Gasteiger partial charge in [0, 0.05) is 35.1 Å². The number of halogens is 3. The van der Waals surface area contributed by atoms with Gasteiger partial charge >= 0.3 is 6.18 Å². The molecule has 1 fully saturated rings. The minimum Gasteiger partial charge on any atom is -0.468 e. The summed E-state index contributed by atoms with van der Waals surface area (Å²) in [7, 11) is 0. The number of rotatable bonds is 7. The standard InChI is InChI=1S/C20H24F3N7O2/c1-12-26-11-14(18(27-12)13-6-8-25-9-7-13)19(2,31)10-17(29-30-24)32-16-5-3-4-15(28-16)20(21,22)23/h3-5,11,13,17,25,31H,6-10H2,1-2H3. The van der Waals surface area contributed by atoms with Gasteiger partial charge in [0.1, 0.15) is 11.5 Å². The molecule has 0 amide bonds. The molecule has 0 aliphatic carbocycles. The van der Waals surface area contributed by atoms with Gasteiger partial charge in [-0.3, -0.25) is 0 Å². The molecule has 2 atom stereocenters. The molecule has 2 unspecified atom stereocenters. The molecule has 1 aliphatic heterocycles. The zero-order valence-corrected chi connectivity index (χ0v) is 17.7. The second kappa shape index (κ2) is 9.68. The van der Waals surface area contributed by atoms with Crippen molar-refractivity contribution in [3.63, 3.8) is 0 Å². The van der Waals surface area contributed by atoms with Crippen molar-refractivity contribution in [2.75, 3.05) is 13.1 Å². The third-order valence-electron chi connectivity index (χ3n) is 5.27. The van der Waals surface area contributed by atoms with E-state index in [0.717, 1.165) is 38.1 Å². The molecular weight excluding hydrogens is 427 g/mol. The number of aryl methyl sites for hydroxylation is 1. The topological polar surface area (TPSA) is 129 Å². The lowest BCUT2D eigenvalue weighted by Crippen LogP contribution is -2.34. The van der Waals surface area contributed by atoms with Crippen LogP contribution in [-0.2, 0) is 11.8 Å². The Hall–Kier alpha value is -2.95. The van der Waals surface area contributed by atoms with Crippen LogP contribution in [-0.4, -0.2) is 39.4 Å². The van der Waals surface area contributed by atoms with Crippen molar-refractivity contribution in [2.24, 2.45) is 5.11 Å². The van der Waals surface area contributed by atoms with Crippen LogP contribution in [0.3, 0.4) is 0 Å². The minimum atomic E-state index is -4.65. The Labute approximate surface area is 182 Å². The van der Waals surface area contributed by atoms with Gasteiger partial charge in [-0.25, -0.2) is 15.0 Å². The van der Waals surface area contributed by atoms with Gasteiger partial charge in [0.25, 0.3) is 0 Å². The SMILES string of the molecule is Cc1ncc(C(C)(O)CC(N=[N+]=[N-])Oc2cccc(C(F)(F)F)n2)c(C2CCNCC2)n1. The molecule has 1 saturated heterocycles. The van der Waals surface area contributed by atoms with E-state index < -0.39 is 23.7 Å². The summed E-state index contributed by atoms with van der Waals surface area (Å²) in [5, 5.41) is 18.1. The van der Waals surface area contributed by atoms with Crippen molar-refractivity contribution >= 4 is 0 Å². The third kappa shape index (κ3) is 5.84. The molecule has 3 rings (SSSR count). The number of aliphatic hydroxyl groups is 1. The average Bonchev–Trinajstić information content (AvgIpc) is 2.73. The van der Waals surface area contributed by atoms with E-state index in [1.165, 1.54) is 19.2 Å². The summed E-state index contributed by atoms with van der Waals surface area (Å²) in [6, 6.07) is 3.17. The van der Waals surface area contributed by atoms with Gasteiger partial charge < -0.3 is 15.2 Å². The number of hydrogen-bond donors (Lipinski definition) is 2. The molecule has 12 heteroatoms. The Morgan fingerprint density at radius 2 is 2.03 bits per heavy atom. The van der Waals surface area contributed by atoms with E-state index in [1.54, 1.807) is 6.92 Å². The van der Waals surface area contributed by atoms with Crippen molar-refractivity contribution in [3.8, 4) is 5.88 Å². The Balaban J connectivity index is 1.87. The quantitative estimate of drug-likeness (QED) is 0.372. The average molecular weight is 451 g/mol. The number of azide groups is 1. The first-order chi connectivity index (χ1) is 15.1. The Bertz CT molecular complexity index is 987. The van der Waals surface area contributed by atoms with Crippen LogP contribution in [0.15, 0.2) is 29.5 Å². The molecule has 0 spiro atoms. The van der Waals surface area contributed by atoms with Crippen molar-refractivity contribution in [2.45, 2.75) is 57.0 Å². The number of hydrogen-bond acceptors (Lipinski definition) is 7. The number of nitrogens with one attached hydrogen (secondary N) is 1. The highest BCUT2D eigenvalue weighted by molar-refractivity contribution is 5.28. The van der Waals surface area contributed by atoms with Gasteiger partial charge in [-0.2, -0.15) is 13.2 Å². The molecule has 0 saturated carbocycles. The van der Waals surface area contributed by atoms with Crippen molar-refractivity contribution in [3.05, 3.63) is 57.6 Å². The fraction of sp³-hybridized carbons (Fsp3) is 0.550. The summed E-state index contributed by atoms with van der Waals surface area (Å²) in [6.07, 6.45) is -2.99. The predicted molar refractivity (Wildman–Crippen MR) is 109 cm³/mol. The van der Waals surface area contributed by atoms with Gasteiger partial charge in [-0.15, -0.1) is 0 Å². The fourth-order valence-corrected chi connectivity index (χ4v) is 3.70. The lowest BCUT2D eigenvalue weighted by atomic mass is 9.84. The molecule has 0 aromatic carbocycles. The van der Waals surface area contributed by atoms with Crippen LogP contribution in [0, 0.1) is 6.92 Å². The number of alkyl halides is 3. The van der Waals surface area contributed by atoms with Gasteiger partial charge in [0.15, 0.2) is 6.23 Å². The van der Waals surface area contributed by atoms with E-state index in [1.807, 2.05) is 0 Å². The maximum atomic E-state index is 12.9. The van der Waals surface area contributed by atoms with Crippen LogP contribution in [0.2, 0.25) is 0 Å². The summed E-state index contributed by atoms with van der Waals surface area (Å²) in [5.74, 6) is 0.309. The van der Waals surface area contributed by atoms with Crippen molar-refractivity contribution < 1.29 is 23.0 Å². The Kier molecular flexibility index (Phi) is 7.17. The molecule has 0 bridgehead atoms. The van der Waals surface area contributed by atoms with E-state index in [9.17, 15) is 18.3 Å². The van der Waals surface area contributed by atoms with Crippen molar-refractivity contribution in [1.29, 1.82) is 0 Å². The van der Waals surface area contributed by atoms with Crippen LogP contribution in [0.1, 0.15) is 54.9 Å². The molecule has 2 N–H and O–H groups in total. The highest BCUT2D eigenvalue weighted by Crippen LogP contribution is 2.36. The molecule has 3 heterocycles. The molecule has 0 radical (unpaired) electrons. The molecule has 32 heavy (non-hydrogen) atoms. The smallest absolute Gasteiger partial charge is 0.433 e. The van der Waals surface area contributed by atoms with Gasteiger partial charge in [-0.1, -0.05) is 6.07 Å². The number of nitrogens with zero attached hydrogens (tertiary/aromatic N) is 6. The first-order valence-corrected chi connectivity index (χ1v) is 10.1. The highest BCUT2D eigenvalue weighted by Gasteiger charge is 2.35. The van der Waals surface area contributed by atoms with Crippen LogP contribution < -0.4 is 10.1 Å². The maximum absolute atomic E-state index is 12.9. The number of aromatic nitrogens is 3. The summed E-state index contributed by atoms with van der Waals surface area (Å²) < 4.78 is 44.2. The van der Waals surface area contributed by atoms with E-state index in [-0.39, 0.29) is 18.2 Å². The Morgan fingerprint density at radius 3 is 2.69 bits per heavy atom. The lowest BCUT2D eigenvalue weighted by molar-refractivity contribution is -0.141. The second-order valence-corrected chi connectivity index (χ2v) is 7.85. The van der Waals surface area contributed by atoms with E-state index in [4.69, 9.17) is 10.3 Å². The number of ether oxygens (including phenoxy) is 1. The van der Waals surface area contributed by atoms with E-state index >= 15 is 0 Å². The largest absolute Gasteiger partial charge is 0.468 e. The zero-order chi connectivity index (χ0) is 23.4. The summed E-state index contributed by atoms with van der Waals surface area (Å²) in [5.41, 5.74) is 7.39. The second-order valence-electron chi connectivity index (χ2n) is 7.85. The summed E-state index contributed by atoms with van der Waals surface area (Å²) in [4.78, 5) is 14.9. The third-order valence-corrected chi connectivity index (χ3v) is 5.27. The Morgan fingerprint density at radius 1 is 1.31 bits per heavy atom. The molecular formula is C20H24F3N7O2. The molecule has 2 aromatic rings. The predicted octanol–water partition coefficient (Wildman–Crippen LogP) is 3.98. The normalized spacial score (nSPS) is 17.8. The lowest BCUT2D eigenvalue weighted by Gasteiger charge is -2.31. The fourth-order valence-electron chi connectivity index (χ4n) is 3.70. The van der Waals surface area contributed by atoms with Gasteiger partial charge in [-0.05, 0) is 56.5 Å². The first-order valence-electron chi connectivity index (χ1n) is 10.1. The number of piperidine rings is 1. The molecule has 9 nitrogen and oxygen atoms in total. The molecule has 2 aromatic heterocycles. The summed E-state index contributed by atoms with van der Waals surface area (Å²) >= 11 is 0. The first kappa shape index (κ1) is 23.7. The van der Waals surface area contributed by atoms with Crippen LogP contribution in [0.25, 0.3) is 10.4 Å². The van der Waals surface area contributed by atoms with Crippen LogP contribution in [0.4, 0.5) is 13.2 Å². The van der Waals surface area contributed by atoms with E-state index in [0.29, 0.717) is 17.1 Å². The van der Waals surface area contributed by atoms with Gasteiger partial charge in [0.2, 0.25) is 5.88 Å². The maximum Gasteiger partial charge on any atom is 0.433 e. The number of pyridine rings is 1. The van der Waals surface area contributed by atoms with Gasteiger partial charge in [0.05, 0.1) is 11.3 Å². The highest BCUT2D eigenvalue weighted by atomic mass is 19.4. The van der Waals surface area contributed by atoms with Crippen molar-refractivity contribution in [1.82, 2.24) is 20.3 Å². The summed E-state index contributed by atoms with van der Waals surface area (Å²) in [6.45, 7) is 4.91. The minimum absolute atomic E-state index is 0.114. The molecule has 1 aliphatic rings. The molecule has 172 valence electrons. The zero-order valence-electron chi connectivity index (χ0n) is 17.7.